The van der Waals surface area contributed by atoms with Crippen LogP contribution in [0.5, 0.6) is 0 Å². The van der Waals surface area contributed by atoms with Gasteiger partial charge in [0.15, 0.2) is 5.82 Å². The first-order chi connectivity index (χ1) is 10.1. The second-order valence-electron chi connectivity index (χ2n) is 6.21. The first-order valence-electron chi connectivity index (χ1n) is 8.13. The number of nitrogens with one attached hydrogen (secondary N) is 1. The maximum atomic E-state index is 6.32. The number of rotatable bonds is 5. The van der Waals surface area contributed by atoms with E-state index in [0.717, 1.165) is 43.7 Å². The zero-order valence-electron chi connectivity index (χ0n) is 13.4. The number of hydrogen-bond acceptors (Lipinski definition) is 4. The van der Waals surface area contributed by atoms with Crippen LogP contribution in [0.25, 0.3) is 0 Å². The van der Waals surface area contributed by atoms with Gasteiger partial charge in [0.2, 0.25) is 5.95 Å². The van der Waals surface area contributed by atoms with Crippen molar-refractivity contribution in [2.45, 2.75) is 46.5 Å². The molecule has 1 aliphatic rings. The maximum Gasteiger partial charge on any atom is 0.224 e. The molecular weight excluding hydrogens is 284 g/mol. The largest absolute Gasteiger partial charge is 0.355 e. The lowest BCUT2D eigenvalue weighted by Gasteiger charge is -2.23. The highest BCUT2D eigenvalue weighted by molar-refractivity contribution is 6.32. The molecule has 5 heteroatoms. The Hall–Kier alpha value is -1.03. The fraction of sp³-hybridized carbons (Fsp3) is 0.750. The Bertz CT molecular complexity index is 450. The number of halogens is 1. The normalized spacial score (nSPS) is 19.7. The van der Waals surface area contributed by atoms with E-state index in [-0.39, 0.29) is 0 Å². The smallest absolute Gasteiger partial charge is 0.224 e. The second kappa shape index (κ2) is 7.83. The minimum absolute atomic E-state index is 0.653. The van der Waals surface area contributed by atoms with Crippen LogP contribution >= 0.6 is 11.6 Å². The van der Waals surface area contributed by atoms with E-state index in [2.05, 4.69) is 41.0 Å². The average molecular weight is 311 g/mol. The summed E-state index contributed by atoms with van der Waals surface area (Å²) >= 11 is 6.32. The van der Waals surface area contributed by atoms with Crippen LogP contribution in [0.1, 0.15) is 46.5 Å². The zero-order valence-corrected chi connectivity index (χ0v) is 14.2. The van der Waals surface area contributed by atoms with Crippen molar-refractivity contribution in [3.8, 4) is 0 Å². The molecule has 1 fully saturated rings. The molecule has 1 saturated heterocycles. The van der Waals surface area contributed by atoms with Crippen molar-refractivity contribution in [3.63, 3.8) is 0 Å². The predicted molar refractivity (Wildman–Crippen MR) is 90.2 cm³/mol. The van der Waals surface area contributed by atoms with Crippen molar-refractivity contribution in [2.75, 3.05) is 29.9 Å². The average Bonchev–Trinajstić information content (AvgIpc) is 2.72. The maximum absolute atomic E-state index is 6.32. The van der Waals surface area contributed by atoms with Crippen LogP contribution in [-0.4, -0.2) is 29.6 Å². The molecule has 4 nitrogen and oxygen atoms in total. The Labute approximate surface area is 133 Å². The molecule has 0 spiro atoms. The highest BCUT2D eigenvalue weighted by Crippen LogP contribution is 2.30. The van der Waals surface area contributed by atoms with Crippen LogP contribution < -0.4 is 10.2 Å². The summed E-state index contributed by atoms with van der Waals surface area (Å²) in [5, 5.41) is 3.89. The van der Waals surface area contributed by atoms with Gasteiger partial charge in [-0.1, -0.05) is 32.4 Å². The molecule has 1 N–H and O–H groups in total. The molecule has 118 valence electrons. The first-order valence-corrected chi connectivity index (χ1v) is 8.51. The van der Waals surface area contributed by atoms with Gasteiger partial charge in [0.1, 0.15) is 5.02 Å². The molecule has 1 aromatic heterocycles. The van der Waals surface area contributed by atoms with Gasteiger partial charge < -0.3 is 10.2 Å². The molecular formula is C16H27ClN4. The number of hydrogen-bond donors (Lipinski definition) is 1. The summed E-state index contributed by atoms with van der Waals surface area (Å²) in [5.41, 5.74) is 0. The molecule has 0 amide bonds. The van der Waals surface area contributed by atoms with Gasteiger partial charge >= 0.3 is 0 Å². The molecule has 0 saturated carbocycles. The van der Waals surface area contributed by atoms with Gasteiger partial charge in [-0.15, -0.1) is 0 Å². The lowest BCUT2D eigenvalue weighted by Crippen LogP contribution is -2.26. The van der Waals surface area contributed by atoms with Gasteiger partial charge in [-0.05, 0) is 37.5 Å². The Balaban J connectivity index is 2.09. The van der Waals surface area contributed by atoms with Crippen molar-refractivity contribution in [3.05, 3.63) is 11.2 Å². The lowest BCUT2D eigenvalue weighted by atomic mass is 9.89. The zero-order chi connectivity index (χ0) is 15.2. The number of nitrogens with zero attached hydrogens (tertiary/aromatic N) is 3. The molecule has 1 aromatic rings. The molecule has 0 aliphatic carbocycles. The van der Waals surface area contributed by atoms with E-state index < -0.39 is 0 Å². The summed E-state index contributed by atoms with van der Waals surface area (Å²) in [7, 11) is 0. The summed E-state index contributed by atoms with van der Waals surface area (Å²) < 4.78 is 0. The first kappa shape index (κ1) is 16.3. The van der Waals surface area contributed by atoms with Crippen LogP contribution in [0.3, 0.4) is 0 Å². The van der Waals surface area contributed by atoms with Crippen LogP contribution in [0.2, 0.25) is 5.02 Å². The van der Waals surface area contributed by atoms with E-state index in [1.165, 1.54) is 19.3 Å². The molecule has 0 radical (unpaired) electrons. The van der Waals surface area contributed by atoms with Gasteiger partial charge in [-0.3, -0.25) is 0 Å². The van der Waals surface area contributed by atoms with Crippen molar-refractivity contribution in [2.24, 2.45) is 11.8 Å². The lowest BCUT2D eigenvalue weighted by molar-refractivity contribution is 0.351. The Kier molecular flexibility index (Phi) is 6.09. The summed E-state index contributed by atoms with van der Waals surface area (Å²) in [6, 6.07) is 0. The van der Waals surface area contributed by atoms with E-state index in [4.69, 9.17) is 11.6 Å². The Morgan fingerprint density at radius 1 is 1.38 bits per heavy atom. The van der Waals surface area contributed by atoms with E-state index >= 15 is 0 Å². The molecule has 0 aromatic carbocycles. The SMILES string of the molecule is CCCNc1ncc(Cl)c(N2CCCC(C(C)C)CC2)n1. The standard InChI is InChI=1S/C16H27ClN4/c1-4-8-18-16-19-11-14(17)15(20-16)21-9-5-6-13(7-10-21)12(2)3/h11-13H,4-10H2,1-3H3,(H,18,19,20). The minimum Gasteiger partial charge on any atom is -0.355 e. The van der Waals surface area contributed by atoms with E-state index in [1.54, 1.807) is 6.20 Å². The van der Waals surface area contributed by atoms with Crippen LogP contribution in [0, 0.1) is 11.8 Å². The summed E-state index contributed by atoms with van der Waals surface area (Å²) in [5.74, 6) is 3.14. The van der Waals surface area contributed by atoms with Crippen molar-refractivity contribution < 1.29 is 0 Å². The van der Waals surface area contributed by atoms with Gasteiger partial charge in [0.25, 0.3) is 0 Å². The quantitative estimate of drug-likeness (QED) is 0.884. The summed E-state index contributed by atoms with van der Waals surface area (Å²) in [6.45, 7) is 9.73. The van der Waals surface area contributed by atoms with Gasteiger partial charge in [0, 0.05) is 19.6 Å². The van der Waals surface area contributed by atoms with Gasteiger partial charge in [0.05, 0.1) is 6.20 Å². The molecule has 1 unspecified atom stereocenters. The monoisotopic (exact) mass is 310 g/mol. The second-order valence-corrected chi connectivity index (χ2v) is 6.62. The Morgan fingerprint density at radius 2 is 2.19 bits per heavy atom. The Morgan fingerprint density at radius 3 is 2.90 bits per heavy atom. The highest BCUT2D eigenvalue weighted by atomic mass is 35.5. The molecule has 21 heavy (non-hydrogen) atoms. The van der Waals surface area contributed by atoms with Crippen molar-refractivity contribution in [1.82, 2.24) is 9.97 Å². The number of aromatic nitrogens is 2. The van der Waals surface area contributed by atoms with Crippen molar-refractivity contribution in [1.29, 1.82) is 0 Å². The van der Waals surface area contributed by atoms with E-state index in [1.807, 2.05) is 0 Å². The molecule has 1 aliphatic heterocycles. The minimum atomic E-state index is 0.653. The summed E-state index contributed by atoms with van der Waals surface area (Å²) in [6.07, 6.45) is 6.50. The number of anilines is 2. The van der Waals surface area contributed by atoms with Gasteiger partial charge in [-0.2, -0.15) is 4.98 Å². The highest BCUT2D eigenvalue weighted by Gasteiger charge is 2.22. The van der Waals surface area contributed by atoms with Crippen LogP contribution in [0.4, 0.5) is 11.8 Å². The predicted octanol–water partition coefficient (Wildman–Crippen LogP) is 4.21. The van der Waals surface area contributed by atoms with Gasteiger partial charge in [-0.25, -0.2) is 4.98 Å². The third-order valence-corrected chi connectivity index (χ3v) is 4.54. The molecule has 2 heterocycles. The third-order valence-electron chi connectivity index (χ3n) is 4.27. The van der Waals surface area contributed by atoms with Crippen LogP contribution in [0.15, 0.2) is 6.20 Å². The topological polar surface area (TPSA) is 41.1 Å². The summed E-state index contributed by atoms with van der Waals surface area (Å²) in [4.78, 5) is 11.2. The molecule has 0 bridgehead atoms. The third kappa shape index (κ3) is 4.47. The van der Waals surface area contributed by atoms with E-state index in [9.17, 15) is 0 Å². The molecule has 2 rings (SSSR count). The molecule has 1 atom stereocenters. The van der Waals surface area contributed by atoms with Crippen LogP contribution in [-0.2, 0) is 0 Å². The van der Waals surface area contributed by atoms with Crippen molar-refractivity contribution >= 4 is 23.4 Å². The fourth-order valence-electron chi connectivity index (χ4n) is 2.90. The van der Waals surface area contributed by atoms with E-state index in [0.29, 0.717) is 11.0 Å². The fourth-order valence-corrected chi connectivity index (χ4v) is 3.11.